The maximum absolute atomic E-state index is 13.1. The lowest BCUT2D eigenvalue weighted by atomic mass is 10.1. The van der Waals surface area contributed by atoms with Crippen molar-refractivity contribution >= 4 is 23.9 Å². The lowest BCUT2D eigenvalue weighted by molar-refractivity contribution is -0.141. The highest BCUT2D eigenvalue weighted by Gasteiger charge is 2.23. The molecule has 186 valence electrons. The number of nitrogens with one attached hydrogen (secondary N) is 2. The van der Waals surface area contributed by atoms with Crippen LogP contribution < -0.4 is 15.4 Å². The van der Waals surface area contributed by atoms with Crippen LogP contribution in [0.15, 0.2) is 90.6 Å². The Labute approximate surface area is 210 Å². The van der Waals surface area contributed by atoms with Crippen molar-refractivity contribution in [1.82, 2.24) is 10.6 Å². The zero-order valence-electron chi connectivity index (χ0n) is 20.1. The molecule has 0 saturated carbocycles. The van der Waals surface area contributed by atoms with E-state index in [0.717, 1.165) is 18.4 Å². The van der Waals surface area contributed by atoms with Gasteiger partial charge in [-0.25, -0.2) is 4.79 Å². The summed E-state index contributed by atoms with van der Waals surface area (Å²) < 4.78 is 5.63. The Bertz CT molecular complexity index is 1180. The van der Waals surface area contributed by atoms with Crippen LogP contribution in [0.25, 0.3) is 6.08 Å². The first-order chi connectivity index (χ1) is 17.5. The number of ether oxygens (including phenoxy) is 1. The number of carboxylic acids is 1. The fourth-order valence-electron chi connectivity index (χ4n) is 3.39. The molecule has 0 aliphatic carbocycles. The van der Waals surface area contributed by atoms with Gasteiger partial charge in [0, 0.05) is 12.0 Å². The van der Waals surface area contributed by atoms with Crippen molar-refractivity contribution in [3.8, 4) is 5.75 Å². The zero-order valence-corrected chi connectivity index (χ0v) is 20.1. The first-order valence-electron chi connectivity index (χ1n) is 11.8. The minimum Gasteiger partial charge on any atom is -0.494 e. The molecule has 0 spiro atoms. The van der Waals surface area contributed by atoms with Gasteiger partial charge in [0.1, 0.15) is 17.5 Å². The van der Waals surface area contributed by atoms with Crippen LogP contribution in [-0.4, -0.2) is 35.5 Å². The fourth-order valence-corrected chi connectivity index (χ4v) is 3.39. The molecule has 7 nitrogen and oxygen atoms in total. The number of hydrogen-bond acceptors (Lipinski definition) is 4. The van der Waals surface area contributed by atoms with Crippen LogP contribution in [0.2, 0.25) is 0 Å². The summed E-state index contributed by atoms with van der Waals surface area (Å²) in [5.41, 5.74) is 1.72. The molecule has 0 aliphatic rings. The number of amides is 2. The molecule has 0 aliphatic heterocycles. The molecule has 0 unspecified atom stereocenters. The third-order valence-electron chi connectivity index (χ3n) is 5.37. The summed E-state index contributed by atoms with van der Waals surface area (Å²) in [6, 6.07) is 23.5. The summed E-state index contributed by atoms with van der Waals surface area (Å²) >= 11 is 0. The summed E-state index contributed by atoms with van der Waals surface area (Å²) in [7, 11) is 0. The van der Waals surface area contributed by atoms with Gasteiger partial charge in [0.2, 0.25) is 0 Å². The van der Waals surface area contributed by atoms with Crippen molar-refractivity contribution in [2.24, 2.45) is 0 Å². The van der Waals surface area contributed by atoms with E-state index in [1.54, 1.807) is 72.8 Å². The number of rotatable bonds is 12. The lowest BCUT2D eigenvalue weighted by Gasteiger charge is -2.17. The number of carbonyl (C=O) groups excluding carboxylic acids is 2. The van der Waals surface area contributed by atoms with Crippen LogP contribution in [-0.2, 0) is 16.0 Å². The van der Waals surface area contributed by atoms with E-state index in [9.17, 15) is 19.5 Å². The monoisotopic (exact) mass is 486 g/mol. The van der Waals surface area contributed by atoms with Gasteiger partial charge in [-0.3, -0.25) is 9.59 Å². The van der Waals surface area contributed by atoms with Gasteiger partial charge in [0.25, 0.3) is 11.8 Å². The van der Waals surface area contributed by atoms with Gasteiger partial charge < -0.3 is 20.5 Å². The highest BCUT2D eigenvalue weighted by Crippen LogP contribution is 2.14. The summed E-state index contributed by atoms with van der Waals surface area (Å²) in [4.78, 5) is 37.9. The van der Waals surface area contributed by atoms with Gasteiger partial charge in [-0.15, -0.1) is 0 Å². The molecule has 3 aromatic carbocycles. The molecule has 3 rings (SSSR count). The molecule has 0 aromatic heterocycles. The van der Waals surface area contributed by atoms with Crippen LogP contribution >= 0.6 is 0 Å². The Balaban J connectivity index is 1.77. The Morgan fingerprint density at radius 2 is 1.56 bits per heavy atom. The van der Waals surface area contributed by atoms with E-state index in [4.69, 9.17) is 4.74 Å². The van der Waals surface area contributed by atoms with Crippen molar-refractivity contribution in [2.45, 2.75) is 32.2 Å². The normalized spacial score (nSPS) is 11.9. The van der Waals surface area contributed by atoms with Crippen LogP contribution in [0.3, 0.4) is 0 Å². The summed E-state index contributed by atoms with van der Waals surface area (Å²) in [5.74, 6) is -1.71. The second kappa shape index (κ2) is 13.5. The summed E-state index contributed by atoms with van der Waals surface area (Å²) in [5, 5.41) is 14.9. The van der Waals surface area contributed by atoms with E-state index in [0.29, 0.717) is 23.5 Å². The van der Waals surface area contributed by atoms with Gasteiger partial charge in [0.15, 0.2) is 0 Å². The quantitative estimate of drug-likeness (QED) is 0.259. The number of unbranched alkanes of at least 4 members (excludes halogenated alkanes) is 1. The van der Waals surface area contributed by atoms with Crippen LogP contribution in [0.1, 0.15) is 41.3 Å². The van der Waals surface area contributed by atoms with Gasteiger partial charge in [-0.1, -0.05) is 74.0 Å². The van der Waals surface area contributed by atoms with E-state index < -0.39 is 23.8 Å². The maximum Gasteiger partial charge on any atom is 0.326 e. The second-order valence-corrected chi connectivity index (χ2v) is 8.20. The Morgan fingerprint density at radius 3 is 2.17 bits per heavy atom. The molecule has 7 heteroatoms. The van der Waals surface area contributed by atoms with Gasteiger partial charge in [-0.2, -0.15) is 0 Å². The molecular formula is C29H30N2O5. The SMILES string of the molecule is CCCCOc1ccc(C(=O)N/C(=C/c2ccccc2)C(=O)N[C@@H](Cc2ccccc2)C(=O)O)cc1. The predicted octanol–water partition coefficient (Wildman–Crippen LogP) is 4.45. The highest BCUT2D eigenvalue weighted by atomic mass is 16.5. The van der Waals surface area contributed by atoms with Crippen LogP contribution in [0, 0.1) is 0 Å². The number of benzene rings is 3. The summed E-state index contributed by atoms with van der Waals surface area (Å²) in [6.45, 7) is 2.67. The van der Waals surface area contributed by atoms with Crippen molar-refractivity contribution in [3.05, 3.63) is 107 Å². The van der Waals surface area contributed by atoms with Crippen LogP contribution in [0.5, 0.6) is 5.75 Å². The first kappa shape index (κ1) is 26.2. The number of carbonyl (C=O) groups is 3. The standard InChI is InChI=1S/C29H30N2O5/c1-2-3-18-36-24-16-14-23(15-17-24)27(32)30-25(19-21-10-6-4-7-11-21)28(33)31-26(29(34)35)20-22-12-8-5-9-13-22/h4-17,19,26H,2-3,18,20H2,1H3,(H,30,32)(H,31,33)(H,34,35)/b25-19+/t26-/m0/s1. The molecule has 36 heavy (non-hydrogen) atoms. The topological polar surface area (TPSA) is 105 Å². The van der Waals surface area contributed by atoms with Gasteiger partial charge in [-0.05, 0) is 47.9 Å². The smallest absolute Gasteiger partial charge is 0.326 e. The molecule has 0 bridgehead atoms. The van der Waals surface area contributed by atoms with Crippen molar-refractivity contribution in [3.63, 3.8) is 0 Å². The minimum absolute atomic E-state index is 0.0613. The molecule has 0 saturated heterocycles. The number of aliphatic carboxylic acids is 1. The Kier molecular flexibility index (Phi) is 9.82. The third kappa shape index (κ3) is 8.13. The lowest BCUT2D eigenvalue weighted by Crippen LogP contribution is -2.45. The Hall–Kier alpha value is -4.39. The molecular weight excluding hydrogens is 456 g/mol. The highest BCUT2D eigenvalue weighted by molar-refractivity contribution is 6.06. The first-order valence-corrected chi connectivity index (χ1v) is 11.8. The number of carboxylic acid groups (broad SMARTS) is 1. The second-order valence-electron chi connectivity index (χ2n) is 8.20. The Morgan fingerprint density at radius 1 is 0.917 bits per heavy atom. The van der Waals surface area contributed by atoms with Crippen molar-refractivity contribution < 1.29 is 24.2 Å². The minimum atomic E-state index is -1.17. The molecule has 2 amide bonds. The molecule has 3 N–H and O–H groups in total. The predicted molar refractivity (Wildman–Crippen MR) is 138 cm³/mol. The largest absolute Gasteiger partial charge is 0.494 e. The maximum atomic E-state index is 13.1. The van der Waals surface area contributed by atoms with E-state index in [1.807, 2.05) is 12.1 Å². The van der Waals surface area contributed by atoms with Crippen LogP contribution in [0.4, 0.5) is 0 Å². The van der Waals surface area contributed by atoms with E-state index in [1.165, 1.54) is 6.08 Å². The number of hydrogen-bond donors (Lipinski definition) is 3. The molecule has 3 aromatic rings. The van der Waals surface area contributed by atoms with E-state index >= 15 is 0 Å². The molecule has 0 heterocycles. The van der Waals surface area contributed by atoms with Gasteiger partial charge in [0.05, 0.1) is 6.61 Å². The average molecular weight is 487 g/mol. The van der Waals surface area contributed by atoms with E-state index in [2.05, 4.69) is 17.6 Å². The molecule has 0 fully saturated rings. The fraction of sp³-hybridized carbons (Fsp3) is 0.207. The van der Waals surface area contributed by atoms with Crippen molar-refractivity contribution in [2.75, 3.05) is 6.61 Å². The summed E-state index contributed by atoms with van der Waals surface area (Å²) in [6.07, 6.45) is 3.57. The van der Waals surface area contributed by atoms with Crippen molar-refractivity contribution in [1.29, 1.82) is 0 Å². The molecule has 1 atom stereocenters. The van der Waals surface area contributed by atoms with Gasteiger partial charge >= 0.3 is 5.97 Å². The average Bonchev–Trinajstić information content (AvgIpc) is 2.89. The zero-order chi connectivity index (χ0) is 25.8. The van der Waals surface area contributed by atoms with E-state index in [-0.39, 0.29) is 12.1 Å². The third-order valence-corrected chi connectivity index (χ3v) is 5.37. The molecule has 0 radical (unpaired) electrons.